The van der Waals surface area contributed by atoms with Gasteiger partial charge in [-0.05, 0) is 25.3 Å². The molecule has 0 amide bonds. The quantitative estimate of drug-likeness (QED) is 0.675. The average molecular weight is 187 g/mol. The van der Waals surface area contributed by atoms with E-state index in [1.807, 2.05) is 6.92 Å². The first-order valence-electron chi connectivity index (χ1n) is 4.78. The van der Waals surface area contributed by atoms with Crippen LogP contribution in [0.2, 0.25) is 0 Å². The molecule has 0 radical (unpaired) electrons. The van der Waals surface area contributed by atoms with Crippen LogP contribution in [-0.4, -0.2) is 7.11 Å². The molecule has 2 nitrogen and oxygen atoms in total. The van der Waals surface area contributed by atoms with Gasteiger partial charge in [0.25, 0.3) is 0 Å². The molecule has 0 fully saturated rings. The molecule has 0 aromatic heterocycles. The molecule has 1 atom stereocenters. The second-order valence-electron chi connectivity index (χ2n) is 3.80. The van der Waals surface area contributed by atoms with Crippen molar-refractivity contribution in [3.63, 3.8) is 0 Å². The monoisotopic (exact) mass is 187 g/mol. The van der Waals surface area contributed by atoms with E-state index in [4.69, 9.17) is 4.74 Å². The highest BCUT2D eigenvalue weighted by Crippen LogP contribution is 2.39. The predicted molar refractivity (Wildman–Crippen MR) is 53.8 cm³/mol. The Morgan fingerprint density at radius 3 is 2.93 bits per heavy atom. The van der Waals surface area contributed by atoms with Gasteiger partial charge < -0.3 is 4.74 Å². The summed E-state index contributed by atoms with van der Waals surface area (Å²) in [7, 11) is 1.61. The molecule has 0 saturated heterocycles. The largest absolute Gasteiger partial charge is 0.359 e. The van der Waals surface area contributed by atoms with Crippen molar-refractivity contribution in [1.82, 2.24) is 0 Å². The number of nitrogens with zero attached hydrogens (tertiary/aromatic N) is 1. The molecule has 0 spiro atoms. The van der Waals surface area contributed by atoms with Crippen LogP contribution in [-0.2, 0) is 16.8 Å². The summed E-state index contributed by atoms with van der Waals surface area (Å²) >= 11 is 0. The number of hydrogen-bond donors (Lipinski definition) is 0. The minimum absolute atomic E-state index is 0.693. The van der Waals surface area contributed by atoms with Crippen LogP contribution in [0.5, 0.6) is 0 Å². The van der Waals surface area contributed by atoms with Crippen molar-refractivity contribution in [3.05, 3.63) is 34.9 Å². The molecule has 0 bridgehead atoms. The second kappa shape index (κ2) is 3.11. The second-order valence-corrected chi connectivity index (χ2v) is 3.80. The van der Waals surface area contributed by atoms with Gasteiger partial charge in [-0.1, -0.05) is 23.8 Å². The maximum Gasteiger partial charge on any atom is 0.179 e. The predicted octanol–water partition coefficient (Wildman–Crippen LogP) is 2.31. The Bertz CT molecular complexity index is 405. The zero-order valence-corrected chi connectivity index (χ0v) is 8.50. The Labute approximate surface area is 84.1 Å². The van der Waals surface area contributed by atoms with Gasteiger partial charge in [-0.15, -0.1) is 0 Å². The van der Waals surface area contributed by atoms with Gasteiger partial charge in [-0.25, -0.2) is 0 Å². The lowest BCUT2D eigenvalue weighted by molar-refractivity contribution is 0.0379. The molecule has 0 saturated carbocycles. The maximum atomic E-state index is 9.18. The van der Waals surface area contributed by atoms with E-state index in [-0.39, 0.29) is 0 Å². The Hall–Kier alpha value is -1.33. The van der Waals surface area contributed by atoms with Crippen molar-refractivity contribution in [2.75, 3.05) is 7.11 Å². The van der Waals surface area contributed by atoms with Crippen molar-refractivity contribution < 1.29 is 4.74 Å². The Morgan fingerprint density at radius 2 is 2.29 bits per heavy atom. The molecule has 0 N–H and O–H groups in total. The number of nitriles is 1. The summed E-state index contributed by atoms with van der Waals surface area (Å²) in [6, 6.07) is 8.54. The molecule has 1 unspecified atom stereocenters. The molecule has 2 heteroatoms. The maximum absolute atomic E-state index is 9.18. The fourth-order valence-corrected chi connectivity index (χ4v) is 2.10. The van der Waals surface area contributed by atoms with E-state index < -0.39 is 5.60 Å². The van der Waals surface area contributed by atoms with E-state index in [9.17, 15) is 5.26 Å². The zero-order chi connectivity index (χ0) is 10.2. The van der Waals surface area contributed by atoms with Gasteiger partial charge in [0.15, 0.2) is 5.60 Å². The SMILES string of the molecule is COC1(C#N)CCc2ccc(C)cc21. The smallest absolute Gasteiger partial charge is 0.179 e. The summed E-state index contributed by atoms with van der Waals surface area (Å²) in [6.07, 6.45) is 1.72. The molecule has 0 aliphatic heterocycles. The molecule has 1 aliphatic carbocycles. The number of rotatable bonds is 1. The van der Waals surface area contributed by atoms with Crippen LogP contribution >= 0.6 is 0 Å². The Balaban J connectivity index is 2.58. The van der Waals surface area contributed by atoms with Crippen LogP contribution in [0.25, 0.3) is 0 Å². The molecule has 1 aromatic rings. The van der Waals surface area contributed by atoms with Crippen LogP contribution in [0.1, 0.15) is 23.1 Å². The summed E-state index contributed by atoms with van der Waals surface area (Å²) in [5.41, 5.74) is 2.80. The first kappa shape index (κ1) is 9.23. The van der Waals surface area contributed by atoms with E-state index in [1.165, 1.54) is 11.1 Å². The van der Waals surface area contributed by atoms with Gasteiger partial charge in [-0.3, -0.25) is 0 Å². The minimum atomic E-state index is -0.693. The van der Waals surface area contributed by atoms with Crippen LogP contribution in [0.15, 0.2) is 18.2 Å². The molecule has 1 aliphatic rings. The highest BCUT2D eigenvalue weighted by molar-refractivity contribution is 5.43. The molecule has 1 aromatic carbocycles. The summed E-state index contributed by atoms with van der Waals surface area (Å²) in [6.45, 7) is 2.04. The normalized spacial score (nSPS) is 24.4. The summed E-state index contributed by atoms with van der Waals surface area (Å²) in [5.74, 6) is 0. The molecule has 14 heavy (non-hydrogen) atoms. The molecule has 72 valence electrons. The third-order valence-electron chi connectivity index (χ3n) is 2.98. The van der Waals surface area contributed by atoms with Crippen LogP contribution in [0.3, 0.4) is 0 Å². The van der Waals surface area contributed by atoms with E-state index in [2.05, 4.69) is 24.3 Å². The van der Waals surface area contributed by atoms with Gasteiger partial charge in [0.05, 0.1) is 0 Å². The molecular weight excluding hydrogens is 174 g/mol. The lowest BCUT2D eigenvalue weighted by Gasteiger charge is -2.20. The van der Waals surface area contributed by atoms with Gasteiger partial charge in [0, 0.05) is 12.7 Å². The van der Waals surface area contributed by atoms with Crippen molar-refractivity contribution in [3.8, 4) is 6.07 Å². The van der Waals surface area contributed by atoms with E-state index in [0.717, 1.165) is 18.4 Å². The lowest BCUT2D eigenvalue weighted by Crippen LogP contribution is -2.22. The Kier molecular flexibility index (Phi) is 2.05. The topological polar surface area (TPSA) is 33.0 Å². The van der Waals surface area contributed by atoms with Gasteiger partial charge in [0.1, 0.15) is 6.07 Å². The van der Waals surface area contributed by atoms with E-state index in [1.54, 1.807) is 7.11 Å². The third-order valence-corrected chi connectivity index (χ3v) is 2.98. The summed E-state index contributed by atoms with van der Waals surface area (Å²) < 4.78 is 5.37. The minimum Gasteiger partial charge on any atom is -0.359 e. The number of benzene rings is 1. The molecule has 2 rings (SSSR count). The fourth-order valence-electron chi connectivity index (χ4n) is 2.10. The van der Waals surface area contributed by atoms with Crippen LogP contribution in [0.4, 0.5) is 0 Å². The van der Waals surface area contributed by atoms with Crippen LogP contribution in [0, 0.1) is 18.3 Å². The Morgan fingerprint density at radius 1 is 1.50 bits per heavy atom. The van der Waals surface area contributed by atoms with Gasteiger partial charge in [-0.2, -0.15) is 5.26 Å². The first-order valence-corrected chi connectivity index (χ1v) is 4.78. The number of fused-ring (bicyclic) bond motifs is 1. The lowest BCUT2D eigenvalue weighted by atomic mass is 9.96. The van der Waals surface area contributed by atoms with E-state index in [0.29, 0.717) is 0 Å². The fraction of sp³-hybridized carbons (Fsp3) is 0.417. The summed E-state index contributed by atoms with van der Waals surface area (Å²) in [5, 5.41) is 9.18. The number of hydrogen-bond acceptors (Lipinski definition) is 2. The molecular formula is C12H13NO. The molecule has 0 heterocycles. The number of aryl methyl sites for hydroxylation is 2. The highest BCUT2D eigenvalue weighted by Gasteiger charge is 2.39. The van der Waals surface area contributed by atoms with Crippen molar-refractivity contribution in [2.45, 2.75) is 25.4 Å². The average Bonchev–Trinajstić information content (AvgIpc) is 2.57. The summed E-state index contributed by atoms with van der Waals surface area (Å²) in [4.78, 5) is 0. The van der Waals surface area contributed by atoms with Crippen molar-refractivity contribution in [2.24, 2.45) is 0 Å². The van der Waals surface area contributed by atoms with E-state index >= 15 is 0 Å². The van der Waals surface area contributed by atoms with Crippen LogP contribution < -0.4 is 0 Å². The first-order chi connectivity index (χ1) is 6.72. The van der Waals surface area contributed by atoms with Gasteiger partial charge in [0.2, 0.25) is 0 Å². The number of methoxy groups -OCH3 is 1. The van der Waals surface area contributed by atoms with Crippen molar-refractivity contribution in [1.29, 1.82) is 5.26 Å². The zero-order valence-electron chi connectivity index (χ0n) is 8.50. The standard InChI is InChI=1S/C12H13NO/c1-9-3-4-10-5-6-12(8-13,14-2)11(10)7-9/h3-4,7H,5-6H2,1-2H3. The number of ether oxygens (including phenoxy) is 1. The van der Waals surface area contributed by atoms with Gasteiger partial charge >= 0.3 is 0 Å². The van der Waals surface area contributed by atoms with Crippen molar-refractivity contribution >= 4 is 0 Å². The highest BCUT2D eigenvalue weighted by atomic mass is 16.5. The third kappa shape index (κ3) is 1.13.